The maximum atomic E-state index is 12.6. The van der Waals surface area contributed by atoms with Crippen LogP contribution in [-0.4, -0.2) is 29.8 Å². The summed E-state index contributed by atoms with van der Waals surface area (Å²) < 4.78 is 5.70. The Morgan fingerprint density at radius 1 is 0.963 bits per heavy atom. The zero-order chi connectivity index (χ0) is 18.8. The average Bonchev–Trinajstić information content (AvgIpc) is 3.06. The molecule has 1 saturated heterocycles. The molecule has 1 aliphatic rings. The summed E-state index contributed by atoms with van der Waals surface area (Å²) in [5, 5.41) is 3.78. The second-order valence-electron chi connectivity index (χ2n) is 6.94. The van der Waals surface area contributed by atoms with Gasteiger partial charge in [0, 0.05) is 35.3 Å². The van der Waals surface area contributed by atoms with E-state index < -0.39 is 0 Å². The maximum absolute atomic E-state index is 12.6. The summed E-state index contributed by atoms with van der Waals surface area (Å²) in [6, 6.07) is 14.6. The molecule has 2 aromatic carbocycles. The van der Waals surface area contributed by atoms with E-state index in [2.05, 4.69) is 5.32 Å². The highest BCUT2D eigenvalue weighted by atomic mass is 16.3. The Hall–Kier alpha value is -3.08. The number of anilines is 1. The predicted octanol–water partition coefficient (Wildman–Crippen LogP) is 4.62. The Labute approximate surface area is 158 Å². The second kappa shape index (κ2) is 7.27. The van der Waals surface area contributed by atoms with Crippen LogP contribution in [0, 0.1) is 6.92 Å². The summed E-state index contributed by atoms with van der Waals surface area (Å²) in [7, 11) is 0. The van der Waals surface area contributed by atoms with E-state index in [0.717, 1.165) is 36.9 Å². The lowest BCUT2D eigenvalue weighted by atomic mass is 10.1. The fraction of sp³-hybridized carbons (Fsp3) is 0.273. The molecule has 0 bridgehead atoms. The first-order valence-electron chi connectivity index (χ1n) is 9.32. The molecule has 0 atom stereocenters. The Bertz CT molecular complexity index is 982. The highest BCUT2D eigenvalue weighted by molar-refractivity contribution is 6.06. The number of benzene rings is 2. The van der Waals surface area contributed by atoms with Gasteiger partial charge in [-0.05, 0) is 56.5 Å². The quantitative estimate of drug-likeness (QED) is 0.739. The summed E-state index contributed by atoms with van der Waals surface area (Å²) in [4.78, 5) is 27.0. The Balaban J connectivity index is 1.48. The summed E-state index contributed by atoms with van der Waals surface area (Å²) >= 11 is 0. The van der Waals surface area contributed by atoms with Gasteiger partial charge in [0.2, 0.25) is 0 Å². The number of nitrogens with one attached hydrogen (secondary N) is 1. The monoisotopic (exact) mass is 362 g/mol. The number of amides is 2. The van der Waals surface area contributed by atoms with Gasteiger partial charge < -0.3 is 14.6 Å². The van der Waals surface area contributed by atoms with Crippen LogP contribution in [-0.2, 0) is 0 Å². The van der Waals surface area contributed by atoms with Crippen molar-refractivity contribution >= 4 is 28.5 Å². The number of para-hydroxylation sites is 1. The lowest BCUT2D eigenvalue weighted by molar-refractivity contribution is 0.0724. The number of aryl methyl sites for hydroxylation is 1. The smallest absolute Gasteiger partial charge is 0.291 e. The Morgan fingerprint density at radius 3 is 2.37 bits per heavy atom. The van der Waals surface area contributed by atoms with E-state index in [1.807, 2.05) is 36.1 Å². The zero-order valence-electron chi connectivity index (χ0n) is 15.3. The predicted molar refractivity (Wildman–Crippen MR) is 105 cm³/mol. The van der Waals surface area contributed by atoms with Gasteiger partial charge in [-0.3, -0.25) is 9.59 Å². The van der Waals surface area contributed by atoms with Crippen molar-refractivity contribution in [3.8, 4) is 0 Å². The highest BCUT2D eigenvalue weighted by Gasteiger charge is 2.19. The molecule has 1 fully saturated rings. The zero-order valence-corrected chi connectivity index (χ0v) is 15.3. The molecule has 0 spiro atoms. The molecule has 2 heterocycles. The molecule has 5 heteroatoms. The molecular formula is C22H22N2O3. The fourth-order valence-corrected chi connectivity index (χ4v) is 3.55. The summed E-state index contributed by atoms with van der Waals surface area (Å²) in [6.07, 6.45) is 3.32. The lowest BCUT2D eigenvalue weighted by Crippen LogP contribution is -2.35. The van der Waals surface area contributed by atoms with E-state index in [9.17, 15) is 9.59 Å². The number of furan rings is 1. The summed E-state index contributed by atoms with van der Waals surface area (Å²) in [5.41, 5.74) is 2.80. The minimum absolute atomic E-state index is 0.0562. The minimum Gasteiger partial charge on any atom is -0.451 e. The summed E-state index contributed by atoms with van der Waals surface area (Å²) in [5.74, 6) is 0.0733. The molecule has 3 aromatic rings. The molecule has 1 aliphatic heterocycles. The van der Waals surface area contributed by atoms with Crippen LogP contribution in [0.15, 0.2) is 52.9 Å². The van der Waals surface area contributed by atoms with E-state index in [-0.39, 0.29) is 11.8 Å². The van der Waals surface area contributed by atoms with Crippen molar-refractivity contribution in [3.63, 3.8) is 0 Å². The summed E-state index contributed by atoms with van der Waals surface area (Å²) in [6.45, 7) is 3.52. The van der Waals surface area contributed by atoms with Gasteiger partial charge >= 0.3 is 0 Å². The first-order valence-corrected chi connectivity index (χ1v) is 9.32. The third-order valence-electron chi connectivity index (χ3n) is 5.08. The number of carbonyl (C=O) groups excluding carboxylic acids is 2. The van der Waals surface area contributed by atoms with E-state index in [0.29, 0.717) is 22.6 Å². The number of nitrogens with zero attached hydrogens (tertiary/aromatic N) is 1. The lowest BCUT2D eigenvalue weighted by Gasteiger charge is -2.26. The van der Waals surface area contributed by atoms with E-state index in [4.69, 9.17) is 4.42 Å². The number of fused-ring (bicyclic) bond motifs is 1. The average molecular weight is 362 g/mol. The van der Waals surface area contributed by atoms with Crippen LogP contribution in [0.3, 0.4) is 0 Å². The van der Waals surface area contributed by atoms with Crippen molar-refractivity contribution in [3.05, 3.63) is 65.4 Å². The molecule has 0 saturated carbocycles. The van der Waals surface area contributed by atoms with Crippen LogP contribution in [0.4, 0.5) is 5.69 Å². The molecule has 1 aromatic heterocycles. The first kappa shape index (κ1) is 17.3. The Morgan fingerprint density at radius 2 is 1.67 bits per heavy atom. The van der Waals surface area contributed by atoms with Crippen LogP contribution in [0.2, 0.25) is 0 Å². The number of hydrogen-bond acceptors (Lipinski definition) is 3. The van der Waals surface area contributed by atoms with Gasteiger partial charge in [-0.1, -0.05) is 18.2 Å². The van der Waals surface area contributed by atoms with Crippen molar-refractivity contribution < 1.29 is 14.0 Å². The molecule has 0 radical (unpaired) electrons. The van der Waals surface area contributed by atoms with Crippen molar-refractivity contribution in [1.82, 2.24) is 4.90 Å². The molecule has 0 aliphatic carbocycles. The number of piperidine rings is 1. The molecule has 138 valence electrons. The number of carbonyl (C=O) groups is 2. The van der Waals surface area contributed by atoms with Gasteiger partial charge in [0.25, 0.3) is 11.8 Å². The third-order valence-corrected chi connectivity index (χ3v) is 5.08. The molecule has 27 heavy (non-hydrogen) atoms. The number of hydrogen-bond donors (Lipinski definition) is 1. The molecule has 4 rings (SSSR count). The van der Waals surface area contributed by atoms with Crippen LogP contribution in [0.25, 0.3) is 11.0 Å². The first-order chi connectivity index (χ1) is 13.1. The number of rotatable bonds is 3. The molecule has 0 unspecified atom stereocenters. The van der Waals surface area contributed by atoms with Crippen LogP contribution in [0.1, 0.15) is 45.7 Å². The van der Waals surface area contributed by atoms with Gasteiger partial charge in [-0.25, -0.2) is 0 Å². The van der Waals surface area contributed by atoms with E-state index in [1.165, 1.54) is 6.42 Å². The topological polar surface area (TPSA) is 62.6 Å². The SMILES string of the molecule is Cc1c(C(=O)Nc2ccc(C(=O)N3CCCCC3)cc2)oc2ccccc12. The molecule has 1 N–H and O–H groups in total. The van der Waals surface area contributed by atoms with Gasteiger partial charge in [0.05, 0.1) is 0 Å². The maximum Gasteiger partial charge on any atom is 0.291 e. The van der Waals surface area contributed by atoms with Crippen LogP contribution in [0.5, 0.6) is 0 Å². The molecular weight excluding hydrogens is 340 g/mol. The van der Waals surface area contributed by atoms with Gasteiger partial charge in [-0.2, -0.15) is 0 Å². The molecule has 5 nitrogen and oxygen atoms in total. The Kier molecular flexibility index (Phi) is 4.67. The van der Waals surface area contributed by atoms with Gasteiger partial charge in [-0.15, -0.1) is 0 Å². The number of likely N-dealkylation sites (tertiary alicyclic amines) is 1. The fourth-order valence-electron chi connectivity index (χ4n) is 3.55. The van der Waals surface area contributed by atoms with Gasteiger partial charge in [0.1, 0.15) is 5.58 Å². The van der Waals surface area contributed by atoms with Crippen molar-refractivity contribution in [1.29, 1.82) is 0 Å². The molecule has 2 amide bonds. The largest absolute Gasteiger partial charge is 0.451 e. The third kappa shape index (κ3) is 3.45. The normalized spacial score (nSPS) is 14.3. The highest BCUT2D eigenvalue weighted by Crippen LogP contribution is 2.25. The van der Waals surface area contributed by atoms with Crippen molar-refractivity contribution in [2.45, 2.75) is 26.2 Å². The van der Waals surface area contributed by atoms with E-state index >= 15 is 0 Å². The van der Waals surface area contributed by atoms with Crippen LogP contribution >= 0.6 is 0 Å². The van der Waals surface area contributed by atoms with Crippen molar-refractivity contribution in [2.24, 2.45) is 0 Å². The van der Waals surface area contributed by atoms with Crippen molar-refractivity contribution in [2.75, 3.05) is 18.4 Å². The standard InChI is InChI=1S/C22H22N2O3/c1-15-18-7-3-4-8-19(18)27-20(15)21(25)23-17-11-9-16(10-12-17)22(26)24-13-5-2-6-14-24/h3-4,7-12H,2,5-6,13-14H2,1H3,(H,23,25). The second-order valence-corrected chi connectivity index (χ2v) is 6.94. The van der Waals surface area contributed by atoms with E-state index in [1.54, 1.807) is 24.3 Å². The van der Waals surface area contributed by atoms with Gasteiger partial charge in [0.15, 0.2) is 5.76 Å². The van der Waals surface area contributed by atoms with Crippen LogP contribution < -0.4 is 5.32 Å². The minimum atomic E-state index is -0.293.